The lowest BCUT2D eigenvalue weighted by molar-refractivity contribution is 0.168. The second kappa shape index (κ2) is 4.99. The van der Waals surface area contributed by atoms with Gasteiger partial charge in [-0.15, -0.1) is 0 Å². The van der Waals surface area contributed by atoms with E-state index in [1.807, 2.05) is 24.3 Å². The van der Waals surface area contributed by atoms with Crippen LogP contribution in [0.25, 0.3) is 0 Å². The molecular weight excluding hydrogens is 200 g/mol. The van der Waals surface area contributed by atoms with Gasteiger partial charge in [0.05, 0.1) is 12.4 Å². The third-order valence-corrected chi connectivity index (χ3v) is 2.57. The average Bonchev–Trinajstić information content (AvgIpc) is 2.70. The number of aryl methyl sites for hydroxylation is 1. The van der Waals surface area contributed by atoms with Gasteiger partial charge in [-0.05, 0) is 31.0 Å². The number of benzene rings is 1. The van der Waals surface area contributed by atoms with Crippen LogP contribution in [-0.2, 0) is 12.8 Å². The highest BCUT2D eigenvalue weighted by atomic mass is 16.3. The van der Waals surface area contributed by atoms with Gasteiger partial charge in [-0.1, -0.05) is 29.8 Å². The summed E-state index contributed by atoms with van der Waals surface area (Å²) in [6.07, 6.45) is 2.49. The van der Waals surface area contributed by atoms with Gasteiger partial charge < -0.3 is 9.52 Å². The third kappa shape index (κ3) is 2.97. The summed E-state index contributed by atoms with van der Waals surface area (Å²) in [5, 5.41) is 9.91. The summed E-state index contributed by atoms with van der Waals surface area (Å²) < 4.78 is 5.21. The molecule has 1 aromatic heterocycles. The molecule has 0 saturated carbocycles. The summed E-state index contributed by atoms with van der Waals surface area (Å²) >= 11 is 0. The van der Waals surface area contributed by atoms with Crippen LogP contribution in [-0.4, -0.2) is 11.2 Å². The molecule has 1 aromatic carbocycles. The molecule has 1 heterocycles. The molecule has 0 amide bonds. The lowest BCUT2D eigenvalue weighted by atomic mass is 10.0. The van der Waals surface area contributed by atoms with Gasteiger partial charge in [0.1, 0.15) is 5.76 Å². The minimum atomic E-state index is -0.382. The molecule has 2 nitrogen and oxygen atoms in total. The fourth-order valence-corrected chi connectivity index (χ4v) is 1.84. The molecule has 84 valence electrons. The minimum Gasteiger partial charge on any atom is -0.469 e. The van der Waals surface area contributed by atoms with E-state index in [1.54, 1.807) is 6.26 Å². The molecular formula is C14H16O2. The van der Waals surface area contributed by atoms with Crippen LogP contribution in [0.3, 0.4) is 0 Å². The number of rotatable bonds is 4. The quantitative estimate of drug-likeness (QED) is 0.852. The van der Waals surface area contributed by atoms with Crippen molar-refractivity contribution < 1.29 is 9.52 Å². The molecule has 0 spiro atoms. The van der Waals surface area contributed by atoms with Gasteiger partial charge in [-0.3, -0.25) is 0 Å². The Labute approximate surface area is 95.5 Å². The molecule has 1 atom stereocenters. The Morgan fingerprint density at radius 2 is 2.06 bits per heavy atom. The monoisotopic (exact) mass is 216 g/mol. The van der Waals surface area contributed by atoms with E-state index in [2.05, 4.69) is 19.1 Å². The molecule has 0 aliphatic carbocycles. The highest BCUT2D eigenvalue weighted by Gasteiger charge is 2.08. The van der Waals surface area contributed by atoms with Crippen molar-refractivity contribution in [2.24, 2.45) is 0 Å². The van der Waals surface area contributed by atoms with Crippen molar-refractivity contribution in [1.29, 1.82) is 0 Å². The summed E-state index contributed by atoms with van der Waals surface area (Å²) in [6.45, 7) is 2.06. The van der Waals surface area contributed by atoms with Crippen molar-refractivity contribution in [3.8, 4) is 0 Å². The Balaban J connectivity index is 1.94. The highest BCUT2D eigenvalue weighted by molar-refractivity contribution is 5.22. The molecule has 0 fully saturated rings. The zero-order chi connectivity index (χ0) is 11.4. The second-order valence-corrected chi connectivity index (χ2v) is 4.13. The zero-order valence-electron chi connectivity index (χ0n) is 9.39. The van der Waals surface area contributed by atoms with Crippen LogP contribution in [0.4, 0.5) is 0 Å². The molecule has 2 heteroatoms. The molecule has 1 unspecified atom stereocenters. The normalized spacial score (nSPS) is 12.6. The highest BCUT2D eigenvalue weighted by Crippen LogP contribution is 2.11. The van der Waals surface area contributed by atoms with Crippen LogP contribution < -0.4 is 0 Å². The van der Waals surface area contributed by atoms with Crippen molar-refractivity contribution in [2.75, 3.05) is 0 Å². The van der Waals surface area contributed by atoms with E-state index in [9.17, 15) is 5.11 Å². The topological polar surface area (TPSA) is 33.4 Å². The van der Waals surface area contributed by atoms with E-state index in [0.717, 1.165) is 5.76 Å². The Hall–Kier alpha value is -1.54. The lowest BCUT2D eigenvalue weighted by Crippen LogP contribution is -2.13. The first-order valence-electron chi connectivity index (χ1n) is 5.50. The second-order valence-electron chi connectivity index (χ2n) is 4.13. The number of aliphatic hydroxyl groups is 1. The largest absolute Gasteiger partial charge is 0.469 e. The molecule has 0 radical (unpaired) electrons. The molecule has 0 bridgehead atoms. The number of hydrogen-bond donors (Lipinski definition) is 1. The van der Waals surface area contributed by atoms with E-state index in [1.165, 1.54) is 11.1 Å². The number of hydrogen-bond acceptors (Lipinski definition) is 2. The number of aliphatic hydroxyl groups excluding tert-OH is 1. The molecule has 0 saturated heterocycles. The van der Waals surface area contributed by atoms with E-state index in [-0.39, 0.29) is 6.10 Å². The minimum absolute atomic E-state index is 0.382. The molecule has 2 rings (SSSR count). The van der Waals surface area contributed by atoms with Crippen molar-refractivity contribution in [2.45, 2.75) is 25.9 Å². The smallest absolute Gasteiger partial charge is 0.106 e. The van der Waals surface area contributed by atoms with Gasteiger partial charge in [0.2, 0.25) is 0 Å². The molecule has 0 aliphatic rings. The molecule has 1 N–H and O–H groups in total. The molecule has 2 aromatic rings. The van der Waals surface area contributed by atoms with E-state index in [4.69, 9.17) is 4.42 Å². The van der Waals surface area contributed by atoms with Crippen LogP contribution >= 0.6 is 0 Å². The number of furan rings is 1. The van der Waals surface area contributed by atoms with E-state index in [0.29, 0.717) is 12.8 Å². The molecule has 0 aliphatic heterocycles. The van der Waals surface area contributed by atoms with Gasteiger partial charge in [0.25, 0.3) is 0 Å². The SMILES string of the molecule is Cc1cccc(CC(O)Cc2ccco2)c1. The van der Waals surface area contributed by atoms with Gasteiger partial charge in [0.15, 0.2) is 0 Å². The maximum absolute atomic E-state index is 9.91. The standard InChI is InChI=1S/C14H16O2/c1-11-4-2-5-12(8-11)9-13(15)10-14-6-3-7-16-14/h2-8,13,15H,9-10H2,1H3. The van der Waals surface area contributed by atoms with Crippen molar-refractivity contribution in [3.63, 3.8) is 0 Å². The van der Waals surface area contributed by atoms with Gasteiger partial charge in [-0.25, -0.2) is 0 Å². The Morgan fingerprint density at radius 1 is 1.19 bits per heavy atom. The zero-order valence-corrected chi connectivity index (χ0v) is 9.39. The Kier molecular flexibility index (Phi) is 3.42. The summed E-state index contributed by atoms with van der Waals surface area (Å²) in [6, 6.07) is 11.9. The Morgan fingerprint density at radius 3 is 2.75 bits per heavy atom. The lowest BCUT2D eigenvalue weighted by Gasteiger charge is -2.09. The van der Waals surface area contributed by atoms with Gasteiger partial charge in [-0.2, -0.15) is 0 Å². The van der Waals surface area contributed by atoms with Crippen LogP contribution in [0.15, 0.2) is 47.1 Å². The van der Waals surface area contributed by atoms with Crippen LogP contribution in [0, 0.1) is 6.92 Å². The first kappa shape index (κ1) is 11.0. The van der Waals surface area contributed by atoms with E-state index < -0.39 is 0 Å². The molecule has 16 heavy (non-hydrogen) atoms. The maximum atomic E-state index is 9.91. The van der Waals surface area contributed by atoms with Crippen LogP contribution in [0.1, 0.15) is 16.9 Å². The van der Waals surface area contributed by atoms with Gasteiger partial charge in [0, 0.05) is 6.42 Å². The predicted molar refractivity (Wildman–Crippen MR) is 63.3 cm³/mol. The summed E-state index contributed by atoms with van der Waals surface area (Å²) in [5.41, 5.74) is 2.39. The fraction of sp³-hybridized carbons (Fsp3) is 0.286. The Bertz CT molecular complexity index is 432. The van der Waals surface area contributed by atoms with Crippen LogP contribution in [0.5, 0.6) is 0 Å². The van der Waals surface area contributed by atoms with Crippen molar-refractivity contribution in [3.05, 3.63) is 59.5 Å². The van der Waals surface area contributed by atoms with E-state index >= 15 is 0 Å². The van der Waals surface area contributed by atoms with Crippen LogP contribution in [0.2, 0.25) is 0 Å². The summed E-state index contributed by atoms with van der Waals surface area (Å²) in [5.74, 6) is 0.833. The van der Waals surface area contributed by atoms with Gasteiger partial charge >= 0.3 is 0 Å². The first-order chi connectivity index (χ1) is 7.74. The third-order valence-electron chi connectivity index (χ3n) is 2.57. The summed E-state index contributed by atoms with van der Waals surface area (Å²) in [4.78, 5) is 0. The predicted octanol–water partition coefficient (Wildman–Crippen LogP) is 2.73. The van der Waals surface area contributed by atoms with Crippen molar-refractivity contribution in [1.82, 2.24) is 0 Å². The maximum Gasteiger partial charge on any atom is 0.106 e. The summed E-state index contributed by atoms with van der Waals surface area (Å²) in [7, 11) is 0. The first-order valence-corrected chi connectivity index (χ1v) is 5.50. The average molecular weight is 216 g/mol. The fourth-order valence-electron chi connectivity index (χ4n) is 1.84. The van der Waals surface area contributed by atoms with Crippen molar-refractivity contribution >= 4 is 0 Å².